The standard InChI is InChI=1S/C23H19N3O4/c1-16-6-5-9-19(14-16)25-21(27)22(28)26-24-15-17-10-12-20(13-11-17)30-23(29)18-7-3-2-4-8-18/h2-15H,1H3,(H,25,27)(H,26,28). The van der Waals surface area contributed by atoms with Crippen molar-refractivity contribution >= 4 is 29.7 Å². The van der Waals surface area contributed by atoms with Gasteiger partial charge in [-0.1, -0.05) is 30.3 Å². The molecule has 3 rings (SSSR count). The molecular weight excluding hydrogens is 382 g/mol. The van der Waals surface area contributed by atoms with Crippen molar-refractivity contribution in [3.8, 4) is 5.75 Å². The molecule has 0 aliphatic heterocycles. The largest absolute Gasteiger partial charge is 0.423 e. The number of anilines is 1. The smallest absolute Gasteiger partial charge is 0.343 e. The molecule has 7 nitrogen and oxygen atoms in total. The highest BCUT2D eigenvalue weighted by molar-refractivity contribution is 6.39. The van der Waals surface area contributed by atoms with Gasteiger partial charge in [0.25, 0.3) is 0 Å². The maximum atomic E-state index is 12.0. The maximum Gasteiger partial charge on any atom is 0.343 e. The molecule has 3 aromatic rings. The van der Waals surface area contributed by atoms with Crippen LogP contribution in [0.4, 0.5) is 5.69 Å². The summed E-state index contributed by atoms with van der Waals surface area (Å²) < 4.78 is 5.29. The highest BCUT2D eigenvalue weighted by Gasteiger charge is 2.12. The number of nitrogens with zero attached hydrogens (tertiary/aromatic N) is 1. The van der Waals surface area contributed by atoms with Gasteiger partial charge in [0.1, 0.15) is 5.75 Å². The van der Waals surface area contributed by atoms with Gasteiger partial charge in [0.2, 0.25) is 0 Å². The van der Waals surface area contributed by atoms with Crippen LogP contribution in [0.5, 0.6) is 5.75 Å². The number of amides is 2. The fraction of sp³-hybridized carbons (Fsp3) is 0.0435. The average molecular weight is 401 g/mol. The lowest BCUT2D eigenvalue weighted by molar-refractivity contribution is -0.136. The van der Waals surface area contributed by atoms with E-state index in [0.717, 1.165) is 5.56 Å². The summed E-state index contributed by atoms with van der Waals surface area (Å²) in [7, 11) is 0. The molecule has 0 aliphatic carbocycles. The molecule has 3 aromatic carbocycles. The lowest BCUT2D eigenvalue weighted by Crippen LogP contribution is -2.32. The zero-order valence-corrected chi connectivity index (χ0v) is 16.2. The SMILES string of the molecule is Cc1cccc(NC(=O)C(=O)NN=Cc2ccc(OC(=O)c3ccccc3)cc2)c1. The van der Waals surface area contributed by atoms with Gasteiger partial charge < -0.3 is 10.1 Å². The number of nitrogens with one attached hydrogen (secondary N) is 2. The fourth-order valence-electron chi connectivity index (χ4n) is 2.49. The number of carbonyl (C=O) groups excluding carboxylic acids is 3. The minimum Gasteiger partial charge on any atom is -0.423 e. The van der Waals surface area contributed by atoms with Gasteiger partial charge in [0.15, 0.2) is 0 Å². The Morgan fingerprint density at radius 2 is 1.60 bits per heavy atom. The van der Waals surface area contributed by atoms with Gasteiger partial charge in [0.05, 0.1) is 11.8 Å². The summed E-state index contributed by atoms with van der Waals surface area (Å²) in [6.07, 6.45) is 1.38. The predicted molar refractivity (Wildman–Crippen MR) is 113 cm³/mol. The van der Waals surface area contributed by atoms with Gasteiger partial charge in [-0.25, -0.2) is 10.2 Å². The molecule has 0 saturated carbocycles. The Bertz CT molecular complexity index is 1080. The first-order valence-corrected chi connectivity index (χ1v) is 9.09. The summed E-state index contributed by atoms with van der Waals surface area (Å²) in [4.78, 5) is 35.7. The molecule has 7 heteroatoms. The first kappa shape index (κ1) is 20.5. The number of aryl methyl sites for hydroxylation is 1. The number of carbonyl (C=O) groups is 3. The number of ether oxygens (including phenoxy) is 1. The fourth-order valence-corrected chi connectivity index (χ4v) is 2.49. The topological polar surface area (TPSA) is 96.9 Å². The van der Waals surface area contributed by atoms with E-state index in [-0.39, 0.29) is 0 Å². The number of benzene rings is 3. The van der Waals surface area contributed by atoms with Gasteiger partial charge in [-0.05, 0) is 66.6 Å². The highest BCUT2D eigenvalue weighted by Crippen LogP contribution is 2.13. The van der Waals surface area contributed by atoms with Gasteiger partial charge >= 0.3 is 17.8 Å². The van der Waals surface area contributed by atoms with E-state index in [1.54, 1.807) is 66.7 Å². The number of hydrogen-bond donors (Lipinski definition) is 2. The maximum absolute atomic E-state index is 12.0. The van der Waals surface area contributed by atoms with Crippen molar-refractivity contribution in [2.45, 2.75) is 6.92 Å². The van der Waals surface area contributed by atoms with Crippen molar-refractivity contribution < 1.29 is 19.1 Å². The highest BCUT2D eigenvalue weighted by atomic mass is 16.5. The van der Waals surface area contributed by atoms with Gasteiger partial charge in [-0.2, -0.15) is 5.10 Å². The van der Waals surface area contributed by atoms with E-state index >= 15 is 0 Å². The molecule has 0 bridgehead atoms. The van der Waals surface area contributed by atoms with Crippen LogP contribution in [0, 0.1) is 6.92 Å². The molecule has 0 heterocycles. The molecule has 0 aromatic heterocycles. The minimum absolute atomic E-state index is 0.377. The zero-order chi connectivity index (χ0) is 21.3. The molecule has 2 N–H and O–H groups in total. The van der Waals surface area contributed by atoms with Crippen molar-refractivity contribution in [3.05, 3.63) is 95.6 Å². The second kappa shape index (κ2) is 9.79. The molecule has 0 radical (unpaired) electrons. The second-order valence-corrected chi connectivity index (χ2v) is 6.35. The summed E-state index contributed by atoms with van der Waals surface area (Å²) in [5, 5.41) is 6.26. The third-order valence-electron chi connectivity index (χ3n) is 3.96. The summed E-state index contributed by atoms with van der Waals surface area (Å²) in [5.74, 6) is -1.78. The van der Waals surface area contributed by atoms with Crippen LogP contribution in [-0.2, 0) is 9.59 Å². The Labute approximate surface area is 173 Å². The molecule has 0 spiro atoms. The molecule has 0 unspecified atom stereocenters. The summed E-state index contributed by atoms with van der Waals surface area (Å²) in [5.41, 5.74) is 4.76. The van der Waals surface area contributed by atoms with Gasteiger partial charge in [-0.3, -0.25) is 9.59 Å². The van der Waals surface area contributed by atoms with Crippen molar-refractivity contribution in [2.24, 2.45) is 5.10 Å². The second-order valence-electron chi connectivity index (χ2n) is 6.35. The third-order valence-corrected chi connectivity index (χ3v) is 3.96. The zero-order valence-electron chi connectivity index (χ0n) is 16.2. The molecule has 0 saturated heterocycles. The van der Waals surface area contributed by atoms with E-state index in [4.69, 9.17) is 4.74 Å². The Morgan fingerprint density at radius 1 is 0.867 bits per heavy atom. The van der Waals surface area contributed by atoms with E-state index in [1.165, 1.54) is 6.21 Å². The Kier molecular flexibility index (Phi) is 6.68. The van der Waals surface area contributed by atoms with Crippen LogP contribution < -0.4 is 15.5 Å². The summed E-state index contributed by atoms with van der Waals surface area (Å²) >= 11 is 0. The molecule has 30 heavy (non-hydrogen) atoms. The molecular formula is C23H19N3O4. The molecule has 0 fully saturated rings. The molecule has 150 valence electrons. The van der Waals surface area contributed by atoms with Crippen LogP contribution in [0.15, 0.2) is 84.0 Å². The Balaban J connectivity index is 1.50. The summed E-state index contributed by atoms with van der Waals surface area (Å²) in [6, 6.07) is 22.3. The van der Waals surface area contributed by atoms with Gasteiger partial charge in [0, 0.05) is 5.69 Å². The van der Waals surface area contributed by atoms with Crippen molar-refractivity contribution in [3.63, 3.8) is 0 Å². The quantitative estimate of drug-likeness (QED) is 0.225. The number of hydrogen-bond acceptors (Lipinski definition) is 5. The van der Waals surface area contributed by atoms with E-state index < -0.39 is 17.8 Å². The van der Waals surface area contributed by atoms with Crippen LogP contribution in [0.1, 0.15) is 21.5 Å². The van der Waals surface area contributed by atoms with E-state index in [2.05, 4.69) is 15.8 Å². The van der Waals surface area contributed by atoms with Crippen LogP contribution in [0.3, 0.4) is 0 Å². The normalized spacial score (nSPS) is 10.4. The predicted octanol–water partition coefficient (Wildman–Crippen LogP) is 3.30. The van der Waals surface area contributed by atoms with Crippen LogP contribution in [0.2, 0.25) is 0 Å². The minimum atomic E-state index is -0.888. The molecule has 0 aliphatic rings. The Hall–Kier alpha value is -4.26. The third kappa shape index (κ3) is 5.87. The first-order valence-electron chi connectivity index (χ1n) is 9.09. The Morgan fingerprint density at radius 3 is 2.30 bits per heavy atom. The monoisotopic (exact) mass is 401 g/mol. The first-order chi connectivity index (χ1) is 14.5. The van der Waals surface area contributed by atoms with Crippen molar-refractivity contribution in [2.75, 3.05) is 5.32 Å². The number of esters is 1. The molecule has 2 amide bonds. The number of hydrazone groups is 1. The van der Waals surface area contributed by atoms with Crippen LogP contribution in [0.25, 0.3) is 0 Å². The average Bonchev–Trinajstić information content (AvgIpc) is 2.75. The lowest BCUT2D eigenvalue weighted by atomic mass is 10.2. The van der Waals surface area contributed by atoms with Crippen molar-refractivity contribution in [1.82, 2.24) is 5.43 Å². The van der Waals surface area contributed by atoms with E-state index in [9.17, 15) is 14.4 Å². The molecule has 0 atom stereocenters. The van der Waals surface area contributed by atoms with Crippen LogP contribution in [-0.4, -0.2) is 24.0 Å². The van der Waals surface area contributed by atoms with Crippen LogP contribution >= 0.6 is 0 Å². The van der Waals surface area contributed by atoms with Gasteiger partial charge in [-0.15, -0.1) is 0 Å². The van der Waals surface area contributed by atoms with Crippen molar-refractivity contribution in [1.29, 1.82) is 0 Å². The lowest BCUT2D eigenvalue weighted by Gasteiger charge is -2.05. The van der Waals surface area contributed by atoms with E-state index in [1.807, 2.05) is 19.1 Å². The number of rotatable bonds is 5. The summed E-state index contributed by atoms with van der Waals surface area (Å²) in [6.45, 7) is 1.88. The van der Waals surface area contributed by atoms with E-state index in [0.29, 0.717) is 22.6 Å².